The zero-order valence-corrected chi connectivity index (χ0v) is 12.8. The molecule has 0 spiro atoms. The highest BCUT2D eigenvalue weighted by Crippen LogP contribution is 2.14. The van der Waals surface area contributed by atoms with Gasteiger partial charge in [0, 0.05) is 30.6 Å². The maximum absolute atomic E-state index is 12.3. The van der Waals surface area contributed by atoms with E-state index in [4.69, 9.17) is 0 Å². The second-order valence-electron chi connectivity index (χ2n) is 5.75. The van der Waals surface area contributed by atoms with Crippen molar-refractivity contribution < 1.29 is 9.59 Å². The second-order valence-corrected chi connectivity index (χ2v) is 5.75. The van der Waals surface area contributed by atoms with E-state index in [-0.39, 0.29) is 23.8 Å². The molecule has 1 heterocycles. The standard InChI is InChI=1S/C17H24N2O2/c1-3-13(2)16(20)18-15-9-11-19(12-10-15)17(21)14-7-5-4-6-8-14/h4-8,13,15H,3,9-12H2,1-2H3,(H,18,20)/t13-/m1/s1. The average molecular weight is 288 g/mol. The molecule has 0 aliphatic carbocycles. The summed E-state index contributed by atoms with van der Waals surface area (Å²) in [6.45, 7) is 5.38. The highest BCUT2D eigenvalue weighted by atomic mass is 16.2. The van der Waals surface area contributed by atoms with Gasteiger partial charge in [0.1, 0.15) is 0 Å². The molecular formula is C17H24N2O2. The van der Waals surface area contributed by atoms with Gasteiger partial charge in [-0.1, -0.05) is 32.0 Å². The maximum atomic E-state index is 12.3. The minimum Gasteiger partial charge on any atom is -0.353 e. The molecule has 2 amide bonds. The van der Waals surface area contributed by atoms with Gasteiger partial charge in [0.05, 0.1) is 0 Å². The molecule has 1 N–H and O–H groups in total. The molecule has 1 atom stereocenters. The average Bonchev–Trinajstić information content (AvgIpc) is 2.55. The van der Waals surface area contributed by atoms with Crippen LogP contribution in [0.4, 0.5) is 0 Å². The summed E-state index contributed by atoms with van der Waals surface area (Å²) in [4.78, 5) is 26.1. The first-order chi connectivity index (χ1) is 10.1. The monoisotopic (exact) mass is 288 g/mol. The van der Waals surface area contributed by atoms with Crippen LogP contribution in [0.15, 0.2) is 30.3 Å². The van der Waals surface area contributed by atoms with Crippen LogP contribution in [0.1, 0.15) is 43.5 Å². The largest absolute Gasteiger partial charge is 0.353 e. The highest BCUT2D eigenvalue weighted by molar-refractivity contribution is 5.94. The number of carbonyl (C=O) groups is 2. The molecule has 1 fully saturated rings. The van der Waals surface area contributed by atoms with Crippen LogP contribution >= 0.6 is 0 Å². The molecule has 0 bridgehead atoms. The van der Waals surface area contributed by atoms with Gasteiger partial charge < -0.3 is 10.2 Å². The lowest BCUT2D eigenvalue weighted by Gasteiger charge is -2.33. The highest BCUT2D eigenvalue weighted by Gasteiger charge is 2.25. The number of nitrogens with one attached hydrogen (secondary N) is 1. The lowest BCUT2D eigenvalue weighted by molar-refractivity contribution is -0.125. The minimum absolute atomic E-state index is 0.0639. The number of nitrogens with zero attached hydrogens (tertiary/aromatic N) is 1. The Morgan fingerprint density at radius 1 is 1.24 bits per heavy atom. The molecule has 4 nitrogen and oxygen atoms in total. The fourth-order valence-electron chi connectivity index (χ4n) is 2.52. The van der Waals surface area contributed by atoms with Gasteiger partial charge in [0.25, 0.3) is 5.91 Å². The second kappa shape index (κ2) is 7.25. The van der Waals surface area contributed by atoms with E-state index in [2.05, 4.69) is 5.32 Å². The number of hydrogen-bond acceptors (Lipinski definition) is 2. The van der Waals surface area contributed by atoms with Crippen molar-refractivity contribution in [3.63, 3.8) is 0 Å². The molecule has 2 rings (SSSR count). The zero-order chi connectivity index (χ0) is 15.2. The van der Waals surface area contributed by atoms with Crippen molar-refractivity contribution in [2.75, 3.05) is 13.1 Å². The first-order valence-electron chi connectivity index (χ1n) is 7.76. The normalized spacial score (nSPS) is 17.3. The molecule has 0 saturated carbocycles. The van der Waals surface area contributed by atoms with Gasteiger partial charge in [-0.2, -0.15) is 0 Å². The van der Waals surface area contributed by atoms with Crippen LogP contribution in [0.25, 0.3) is 0 Å². The van der Waals surface area contributed by atoms with Gasteiger partial charge in [-0.25, -0.2) is 0 Å². The van der Waals surface area contributed by atoms with E-state index in [0.717, 1.165) is 24.8 Å². The lowest BCUT2D eigenvalue weighted by Crippen LogP contribution is -2.47. The van der Waals surface area contributed by atoms with Crippen LogP contribution < -0.4 is 5.32 Å². The van der Waals surface area contributed by atoms with E-state index < -0.39 is 0 Å². The molecule has 1 aliphatic heterocycles. The van der Waals surface area contributed by atoms with Gasteiger partial charge in [0.15, 0.2) is 0 Å². The summed E-state index contributed by atoms with van der Waals surface area (Å²) in [6.07, 6.45) is 2.53. The van der Waals surface area contributed by atoms with E-state index in [1.54, 1.807) is 0 Å². The SMILES string of the molecule is CC[C@@H](C)C(=O)NC1CCN(C(=O)c2ccccc2)CC1. The quantitative estimate of drug-likeness (QED) is 0.925. The molecule has 1 aromatic rings. The zero-order valence-electron chi connectivity index (χ0n) is 12.8. The van der Waals surface area contributed by atoms with E-state index in [1.165, 1.54) is 0 Å². The van der Waals surface area contributed by atoms with Crippen molar-refractivity contribution in [3.05, 3.63) is 35.9 Å². The minimum atomic E-state index is 0.0639. The first kappa shape index (κ1) is 15.5. The Morgan fingerprint density at radius 3 is 2.43 bits per heavy atom. The first-order valence-corrected chi connectivity index (χ1v) is 7.76. The van der Waals surface area contributed by atoms with E-state index in [9.17, 15) is 9.59 Å². The Bertz CT molecular complexity index is 479. The number of benzene rings is 1. The van der Waals surface area contributed by atoms with Crippen LogP contribution in [0, 0.1) is 5.92 Å². The number of carbonyl (C=O) groups excluding carboxylic acids is 2. The third kappa shape index (κ3) is 4.06. The summed E-state index contributed by atoms with van der Waals surface area (Å²) in [5.41, 5.74) is 0.736. The number of piperidine rings is 1. The van der Waals surface area contributed by atoms with Crippen molar-refractivity contribution in [2.45, 2.75) is 39.2 Å². The Morgan fingerprint density at radius 2 is 1.86 bits per heavy atom. The Hall–Kier alpha value is -1.84. The van der Waals surface area contributed by atoms with Gasteiger partial charge >= 0.3 is 0 Å². The van der Waals surface area contributed by atoms with Crippen LogP contribution in [0.3, 0.4) is 0 Å². The van der Waals surface area contributed by atoms with Crippen LogP contribution in [-0.4, -0.2) is 35.8 Å². The third-order valence-corrected chi connectivity index (χ3v) is 4.21. The van der Waals surface area contributed by atoms with Gasteiger partial charge in [-0.15, -0.1) is 0 Å². The molecule has 1 aliphatic rings. The van der Waals surface area contributed by atoms with Crippen molar-refractivity contribution in [3.8, 4) is 0 Å². The van der Waals surface area contributed by atoms with Gasteiger partial charge in [-0.05, 0) is 31.4 Å². The van der Waals surface area contributed by atoms with Crippen molar-refractivity contribution in [1.82, 2.24) is 10.2 Å². The van der Waals surface area contributed by atoms with E-state index >= 15 is 0 Å². The van der Waals surface area contributed by atoms with Gasteiger partial charge in [-0.3, -0.25) is 9.59 Å². The molecule has 1 saturated heterocycles. The molecule has 114 valence electrons. The summed E-state index contributed by atoms with van der Waals surface area (Å²) < 4.78 is 0. The molecule has 0 unspecified atom stereocenters. The lowest BCUT2D eigenvalue weighted by atomic mass is 10.0. The Balaban J connectivity index is 1.83. The van der Waals surface area contributed by atoms with E-state index in [1.807, 2.05) is 49.1 Å². The molecule has 4 heteroatoms. The smallest absolute Gasteiger partial charge is 0.253 e. The fourth-order valence-corrected chi connectivity index (χ4v) is 2.52. The van der Waals surface area contributed by atoms with Crippen molar-refractivity contribution >= 4 is 11.8 Å². The molecular weight excluding hydrogens is 264 g/mol. The maximum Gasteiger partial charge on any atom is 0.253 e. The predicted molar refractivity (Wildman–Crippen MR) is 83.0 cm³/mol. The molecule has 21 heavy (non-hydrogen) atoms. The summed E-state index contributed by atoms with van der Waals surface area (Å²) >= 11 is 0. The summed E-state index contributed by atoms with van der Waals surface area (Å²) in [5, 5.41) is 3.09. The van der Waals surface area contributed by atoms with Gasteiger partial charge in [0.2, 0.25) is 5.91 Å². The van der Waals surface area contributed by atoms with Crippen molar-refractivity contribution in [1.29, 1.82) is 0 Å². The van der Waals surface area contributed by atoms with Crippen LogP contribution in [-0.2, 0) is 4.79 Å². The topological polar surface area (TPSA) is 49.4 Å². The summed E-state index contributed by atoms with van der Waals surface area (Å²) in [6, 6.07) is 9.57. The third-order valence-electron chi connectivity index (χ3n) is 4.21. The predicted octanol–water partition coefficient (Wildman–Crippen LogP) is 2.45. The number of hydrogen-bond donors (Lipinski definition) is 1. The fraction of sp³-hybridized carbons (Fsp3) is 0.529. The summed E-state index contributed by atoms with van der Waals surface area (Å²) in [7, 11) is 0. The number of rotatable bonds is 4. The molecule has 0 aromatic heterocycles. The number of likely N-dealkylation sites (tertiary alicyclic amines) is 1. The summed E-state index contributed by atoms with van der Waals surface area (Å²) in [5.74, 6) is 0.279. The van der Waals surface area contributed by atoms with E-state index in [0.29, 0.717) is 13.1 Å². The van der Waals surface area contributed by atoms with Crippen LogP contribution in [0.5, 0.6) is 0 Å². The Labute approximate surface area is 126 Å². The Kier molecular flexibility index (Phi) is 5.37. The number of amides is 2. The van der Waals surface area contributed by atoms with Crippen LogP contribution in [0.2, 0.25) is 0 Å². The van der Waals surface area contributed by atoms with Crippen molar-refractivity contribution in [2.24, 2.45) is 5.92 Å². The molecule has 1 aromatic carbocycles. The molecule has 0 radical (unpaired) electrons.